The van der Waals surface area contributed by atoms with Crippen molar-refractivity contribution < 1.29 is 17.5 Å². The molecule has 0 radical (unpaired) electrons. The van der Waals surface area contributed by atoms with Crippen molar-refractivity contribution in [2.75, 3.05) is 19.5 Å². The van der Waals surface area contributed by atoms with E-state index in [2.05, 4.69) is 0 Å². The molecule has 0 bridgehead atoms. The Labute approximate surface area is 106 Å². The van der Waals surface area contributed by atoms with E-state index in [-0.39, 0.29) is 16.9 Å². The molecule has 0 heterocycles. The number of nitrogens with zero attached hydrogens (tertiary/aromatic N) is 1. The summed E-state index contributed by atoms with van der Waals surface area (Å²) >= 11 is 0. The smallest absolute Gasteiger partial charge is 0.154 e. The topological polar surface area (TPSA) is 67.2 Å². The predicted octanol–water partition coefficient (Wildman–Crippen LogP) is 1.65. The highest BCUT2D eigenvalue weighted by atomic mass is 32.2. The van der Waals surface area contributed by atoms with Crippen LogP contribution in [0.2, 0.25) is 0 Å². The molecule has 0 aromatic heterocycles. The third-order valence-electron chi connectivity index (χ3n) is 2.38. The Hall–Kier alpha value is -1.45. The molecule has 0 amide bonds. The van der Waals surface area contributed by atoms with Gasteiger partial charge in [0.05, 0.1) is 17.1 Å². The molecule has 0 N–H and O–H groups in total. The fourth-order valence-corrected chi connectivity index (χ4v) is 2.91. The highest BCUT2D eigenvalue weighted by Crippen LogP contribution is 2.15. The lowest BCUT2D eigenvalue weighted by Crippen LogP contribution is -2.12. The van der Waals surface area contributed by atoms with Crippen molar-refractivity contribution in [3.8, 4) is 6.07 Å². The Morgan fingerprint density at radius 3 is 2.78 bits per heavy atom. The first-order chi connectivity index (χ1) is 8.50. The summed E-state index contributed by atoms with van der Waals surface area (Å²) in [4.78, 5) is 0. The van der Waals surface area contributed by atoms with Crippen LogP contribution >= 0.6 is 0 Å². The van der Waals surface area contributed by atoms with Gasteiger partial charge in [-0.3, -0.25) is 0 Å². The molecule has 4 nitrogen and oxygen atoms in total. The number of hydrogen-bond acceptors (Lipinski definition) is 4. The van der Waals surface area contributed by atoms with E-state index in [4.69, 9.17) is 10.00 Å². The second kappa shape index (κ2) is 6.47. The third kappa shape index (κ3) is 4.09. The van der Waals surface area contributed by atoms with Crippen molar-refractivity contribution in [3.05, 3.63) is 35.1 Å². The number of ether oxygens (including phenoxy) is 1. The summed E-state index contributed by atoms with van der Waals surface area (Å²) in [6.45, 7) is 0.347. The molecule has 18 heavy (non-hydrogen) atoms. The van der Waals surface area contributed by atoms with Crippen LogP contribution in [-0.4, -0.2) is 27.9 Å². The minimum absolute atomic E-state index is 0.0338. The normalized spacial score (nSPS) is 11.2. The summed E-state index contributed by atoms with van der Waals surface area (Å²) in [6.07, 6.45) is 0.373. The van der Waals surface area contributed by atoms with Gasteiger partial charge in [0.15, 0.2) is 9.84 Å². The summed E-state index contributed by atoms with van der Waals surface area (Å²) in [5.41, 5.74) is -0.106. The Morgan fingerprint density at radius 2 is 2.17 bits per heavy atom. The number of nitriles is 1. The molecule has 1 rings (SSSR count). The number of rotatable bonds is 6. The highest BCUT2D eigenvalue weighted by molar-refractivity contribution is 7.90. The van der Waals surface area contributed by atoms with Gasteiger partial charge >= 0.3 is 0 Å². The summed E-state index contributed by atoms with van der Waals surface area (Å²) in [5, 5.41) is 8.66. The Bertz CT molecular complexity index is 549. The van der Waals surface area contributed by atoms with Gasteiger partial charge in [-0.15, -0.1) is 0 Å². The van der Waals surface area contributed by atoms with Crippen molar-refractivity contribution >= 4 is 9.84 Å². The van der Waals surface area contributed by atoms with E-state index in [0.717, 1.165) is 0 Å². The van der Waals surface area contributed by atoms with Crippen LogP contribution in [0.5, 0.6) is 0 Å². The standard InChI is InChI=1S/C12H14FNO3S/c1-17-6-3-7-18(15,16)9-11-5-2-4-10(8-14)12(11)13/h2,4-5H,3,6-7,9H2,1H3. The summed E-state index contributed by atoms with van der Waals surface area (Å²) in [6, 6.07) is 5.85. The average molecular weight is 271 g/mol. The van der Waals surface area contributed by atoms with E-state index < -0.39 is 21.4 Å². The molecule has 0 aliphatic carbocycles. The van der Waals surface area contributed by atoms with Crippen LogP contribution < -0.4 is 0 Å². The van der Waals surface area contributed by atoms with Crippen molar-refractivity contribution in [1.29, 1.82) is 5.26 Å². The zero-order chi connectivity index (χ0) is 13.6. The van der Waals surface area contributed by atoms with Crippen LogP contribution in [0, 0.1) is 17.1 Å². The lowest BCUT2D eigenvalue weighted by Gasteiger charge is -2.06. The highest BCUT2D eigenvalue weighted by Gasteiger charge is 2.16. The molecule has 1 aromatic carbocycles. The number of halogens is 1. The molecular formula is C12H14FNO3S. The first-order valence-corrected chi connectivity index (χ1v) is 7.19. The second-order valence-corrected chi connectivity index (χ2v) is 6.01. The fraction of sp³-hybridized carbons (Fsp3) is 0.417. The lowest BCUT2D eigenvalue weighted by molar-refractivity contribution is 0.199. The molecule has 6 heteroatoms. The largest absolute Gasteiger partial charge is 0.385 e. The molecule has 0 unspecified atom stereocenters. The van der Waals surface area contributed by atoms with Gasteiger partial charge < -0.3 is 4.74 Å². The Balaban J connectivity index is 2.82. The molecular weight excluding hydrogens is 257 g/mol. The minimum Gasteiger partial charge on any atom is -0.385 e. The van der Waals surface area contributed by atoms with Gasteiger partial charge in [0.1, 0.15) is 11.9 Å². The van der Waals surface area contributed by atoms with Crippen LogP contribution in [0.25, 0.3) is 0 Å². The molecule has 0 atom stereocenters. The predicted molar refractivity (Wildman–Crippen MR) is 65.1 cm³/mol. The molecule has 0 spiro atoms. The second-order valence-electron chi connectivity index (χ2n) is 3.83. The molecule has 0 fully saturated rings. The van der Waals surface area contributed by atoms with Gasteiger partial charge in [-0.2, -0.15) is 5.26 Å². The molecule has 0 saturated carbocycles. The van der Waals surface area contributed by atoms with Crippen molar-refractivity contribution in [2.24, 2.45) is 0 Å². The van der Waals surface area contributed by atoms with Crippen LogP contribution in [-0.2, 0) is 20.3 Å². The van der Waals surface area contributed by atoms with E-state index >= 15 is 0 Å². The number of benzene rings is 1. The Kier molecular flexibility index (Phi) is 5.25. The first kappa shape index (κ1) is 14.6. The van der Waals surface area contributed by atoms with E-state index in [1.807, 2.05) is 0 Å². The van der Waals surface area contributed by atoms with Crippen molar-refractivity contribution in [3.63, 3.8) is 0 Å². The van der Waals surface area contributed by atoms with Crippen LogP contribution in [0.15, 0.2) is 18.2 Å². The number of hydrogen-bond donors (Lipinski definition) is 0. The molecule has 0 aliphatic rings. The lowest BCUT2D eigenvalue weighted by atomic mass is 10.1. The maximum absolute atomic E-state index is 13.7. The molecule has 0 saturated heterocycles. The zero-order valence-corrected chi connectivity index (χ0v) is 10.8. The minimum atomic E-state index is -3.38. The van der Waals surface area contributed by atoms with Crippen LogP contribution in [0.1, 0.15) is 17.5 Å². The zero-order valence-electron chi connectivity index (χ0n) is 10.0. The Morgan fingerprint density at radius 1 is 1.44 bits per heavy atom. The van der Waals surface area contributed by atoms with Gasteiger partial charge in [-0.1, -0.05) is 12.1 Å². The van der Waals surface area contributed by atoms with Gasteiger partial charge in [-0.25, -0.2) is 12.8 Å². The average Bonchev–Trinajstić information content (AvgIpc) is 2.32. The van der Waals surface area contributed by atoms with E-state index in [1.54, 1.807) is 6.07 Å². The van der Waals surface area contributed by atoms with Crippen molar-refractivity contribution in [2.45, 2.75) is 12.2 Å². The van der Waals surface area contributed by atoms with Gasteiger partial charge in [0.25, 0.3) is 0 Å². The molecule has 1 aromatic rings. The maximum atomic E-state index is 13.7. The van der Waals surface area contributed by atoms with Crippen LogP contribution in [0.4, 0.5) is 4.39 Å². The summed E-state index contributed by atoms with van der Waals surface area (Å²) in [7, 11) is -1.89. The summed E-state index contributed by atoms with van der Waals surface area (Å²) < 4.78 is 41.9. The quantitative estimate of drug-likeness (QED) is 0.738. The maximum Gasteiger partial charge on any atom is 0.154 e. The van der Waals surface area contributed by atoms with Gasteiger partial charge in [0, 0.05) is 19.3 Å². The van der Waals surface area contributed by atoms with E-state index in [0.29, 0.717) is 13.0 Å². The van der Waals surface area contributed by atoms with Gasteiger partial charge in [-0.05, 0) is 12.5 Å². The third-order valence-corrected chi connectivity index (χ3v) is 4.04. The monoisotopic (exact) mass is 271 g/mol. The number of methoxy groups -OCH3 is 1. The molecule has 0 aliphatic heterocycles. The van der Waals surface area contributed by atoms with Gasteiger partial charge in [0.2, 0.25) is 0 Å². The van der Waals surface area contributed by atoms with E-state index in [1.165, 1.54) is 25.3 Å². The first-order valence-electron chi connectivity index (χ1n) is 5.37. The SMILES string of the molecule is COCCCS(=O)(=O)Cc1cccc(C#N)c1F. The molecule has 98 valence electrons. The van der Waals surface area contributed by atoms with E-state index in [9.17, 15) is 12.8 Å². The van der Waals surface area contributed by atoms with Crippen molar-refractivity contribution in [1.82, 2.24) is 0 Å². The van der Waals surface area contributed by atoms with Crippen LogP contribution in [0.3, 0.4) is 0 Å². The number of sulfone groups is 1. The summed E-state index contributed by atoms with van der Waals surface area (Å²) in [5.74, 6) is -1.20. The fourth-order valence-electron chi connectivity index (χ4n) is 1.51.